The highest BCUT2D eigenvalue weighted by molar-refractivity contribution is 7.89. The summed E-state index contributed by atoms with van der Waals surface area (Å²) in [4.78, 5) is 6.58. The van der Waals surface area contributed by atoms with Crippen molar-refractivity contribution >= 4 is 33.2 Å². The van der Waals surface area contributed by atoms with E-state index in [1.165, 1.54) is 12.1 Å². The van der Waals surface area contributed by atoms with E-state index in [0.29, 0.717) is 10.2 Å². The van der Waals surface area contributed by atoms with Crippen LogP contribution in [0.3, 0.4) is 0 Å². The van der Waals surface area contributed by atoms with Crippen molar-refractivity contribution in [2.45, 2.75) is 30.3 Å². The summed E-state index contributed by atoms with van der Waals surface area (Å²) in [6.45, 7) is 2.33. The number of pyridine rings is 1. The summed E-state index contributed by atoms with van der Waals surface area (Å²) >= 11 is 11.9. The Kier molecular flexibility index (Phi) is 5.96. The summed E-state index contributed by atoms with van der Waals surface area (Å²) in [5.74, 6) is 0. The molecule has 0 unspecified atom stereocenters. The van der Waals surface area contributed by atoms with Crippen molar-refractivity contribution in [1.29, 1.82) is 0 Å². The maximum atomic E-state index is 12.4. The standard InChI is InChI=1S/C17H19Cl2N3O2S/c18-14-3-5-16(6-4-14)25(23,24)21-15-7-10-22(11-8-15)12-13-2-1-9-20-17(13)19/h1-6,9,15,21H,7-8,10-12H2. The van der Waals surface area contributed by atoms with Crippen molar-refractivity contribution in [3.63, 3.8) is 0 Å². The molecule has 1 saturated heterocycles. The molecule has 1 aliphatic rings. The minimum absolute atomic E-state index is 0.0682. The molecule has 0 spiro atoms. The molecule has 2 heterocycles. The molecule has 0 aliphatic carbocycles. The van der Waals surface area contributed by atoms with Gasteiger partial charge in [-0.25, -0.2) is 18.1 Å². The molecule has 0 bridgehead atoms. The first-order valence-corrected chi connectivity index (χ1v) is 10.3. The van der Waals surface area contributed by atoms with Crippen LogP contribution < -0.4 is 4.72 Å². The molecule has 0 amide bonds. The second-order valence-corrected chi connectivity index (χ2v) is 8.59. The fraction of sp³-hybridized carbons (Fsp3) is 0.353. The largest absolute Gasteiger partial charge is 0.299 e. The summed E-state index contributed by atoms with van der Waals surface area (Å²) in [5.41, 5.74) is 0.990. The van der Waals surface area contributed by atoms with Crippen molar-refractivity contribution in [2.75, 3.05) is 13.1 Å². The molecule has 1 N–H and O–H groups in total. The van der Waals surface area contributed by atoms with Gasteiger partial charge in [0.2, 0.25) is 10.0 Å². The second kappa shape index (κ2) is 8.01. The maximum absolute atomic E-state index is 12.4. The van der Waals surface area contributed by atoms with Crippen LogP contribution in [0.5, 0.6) is 0 Å². The molecule has 25 heavy (non-hydrogen) atoms. The predicted octanol–water partition coefficient (Wildman–Crippen LogP) is 3.33. The summed E-state index contributed by atoms with van der Waals surface area (Å²) < 4.78 is 27.7. The van der Waals surface area contributed by atoms with Gasteiger partial charge in [0.1, 0.15) is 5.15 Å². The van der Waals surface area contributed by atoms with Gasteiger partial charge in [0.15, 0.2) is 0 Å². The number of likely N-dealkylation sites (tertiary alicyclic amines) is 1. The summed E-state index contributed by atoms with van der Waals surface area (Å²) in [7, 11) is -3.52. The number of sulfonamides is 1. The molecule has 0 atom stereocenters. The molecular weight excluding hydrogens is 381 g/mol. The van der Waals surface area contributed by atoms with Crippen molar-refractivity contribution in [1.82, 2.24) is 14.6 Å². The number of halogens is 2. The van der Waals surface area contributed by atoms with E-state index in [9.17, 15) is 8.42 Å². The quantitative estimate of drug-likeness (QED) is 0.783. The number of hydrogen-bond acceptors (Lipinski definition) is 4. The minimum atomic E-state index is -3.52. The van der Waals surface area contributed by atoms with Crippen molar-refractivity contribution in [2.24, 2.45) is 0 Å². The zero-order chi connectivity index (χ0) is 17.9. The molecule has 1 aromatic heterocycles. The third-order valence-electron chi connectivity index (χ3n) is 4.26. The number of aromatic nitrogens is 1. The van der Waals surface area contributed by atoms with E-state index in [1.807, 2.05) is 12.1 Å². The average Bonchev–Trinajstić information content (AvgIpc) is 2.59. The number of piperidine rings is 1. The lowest BCUT2D eigenvalue weighted by molar-refractivity contribution is 0.200. The van der Waals surface area contributed by atoms with Gasteiger partial charge in [0.25, 0.3) is 0 Å². The van der Waals surface area contributed by atoms with Gasteiger partial charge in [-0.2, -0.15) is 0 Å². The number of rotatable bonds is 5. The average molecular weight is 400 g/mol. The Balaban J connectivity index is 1.55. The molecule has 3 rings (SSSR count). The van der Waals surface area contributed by atoms with E-state index in [2.05, 4.69) is 14.6 Å². The molecule has 8 heteroatoms. The summed E-state index contributed by atoms with van der Waals surface area (Å²) in [5, 5.41) is 1.04. The molecule has 1 aromatic carbocycles. The van der Waals surface area contributed by atoms with Crippen LogP contribution in [-0.2, 0) is 16.6 Å². The van der Waals surface area contributed by atoms with Crippen molar-refractivity contribution in [3.8, 4) is 0 Å². The SMILES string of the molecule is O=S(=O)(NC1CCN(Cc2cccnc2Cl)CC1)c1ccc(Cl)cc1. The van der Waals surface area contributed by atoms with Crippen molar-refractivity contribution in [3.05, 3.63) is 58.3 Å². The first kappa shape index (κ1) is 18.6. The van der Waals surface area contributed by atoms with Crippen LogP contribution in [0.25, 0.3) is 0 Å². The van der Waals surface area contributed by atoms with Crippen LogP contribution in [0.15, 0.2) is 47.5 Å². The van der Waals surface area contributed by atoms with Crippen LogP contribution in [0.2, 0.25) is 10.2 Å². The van der Waals surface area contributed by atoms with Crippen LogP contribution in [-0.4, -0.2) is 37.4 Å². The van der Waals surface area contributed by atoms with E-state index in [4.69, 9.17) is 23.2 Å². The van der Waals surface area contributed by atoms with Gasteiger partial charge < -0.3 is 0 Å². The minimum Gasteiger partial charge on any atom is -0.299 e. The van der Waals surface area contributed by atoms with Gasteiger partial charge in [-0.1, -0.05) is 29.3 Å². The Bertz CT molecular complexity index is 820. The van der Waals surface area contributed by atoms with Crippen molar-refractivity contribution < 1.29 is 8.42 Å². The zero-order valence-corrected chi connectivity index (χ0v) is 15.9. The fourth-order valence-corrected chi connectivity index (χ4v) is 4.50. The first-order chi connectivity index (χ1) is 11.9. The van der Waals surface area contributed by atoms with E-state index in [0.717, 1.165) is 38.0 Å². The monoisotopic (exact) mass is 399 g/mol. The van der Waals surface area contributed by atoms with Crippen LogP contribution in [0, 0.1) is 0 Å². The second-order valence-electron chi connectivity index (χ2n) is 6.08. The van der Waals surface area contributed by atoms with Crippen LogP contribution in [0.1, 0.15) is 18.4 Å². The highest BCUT2D eigenvalue weighted by Crippen LogP contribution is 2.20. The maximum Gasteiger partial charge on any atom is 0.240 e. The molecule has 0 saturated carbocycles. The first-order valence-electron chi connectivity index (χ1n) is 8.04. The lowest BCUT2D eigenvalue weighted by atomic mass is 10.1. The molecule has 0 radical (unpaired) electrons. The smallest absolute Gasteiger partial charge is 0.240 e. The van der Waals surface area contributed by atoms with E-state index < -0.39 is 10.0 Å². The zero-order valence-electron chi connectivity index (χ0n) is 13.5. The molecule has 1 fully saturated rings. The van der Waals surface area contributed by atoms with Crippen LogP contribution >= 0.6 is 23.2 Å². The summed E-state index contributed by atoms with van der Waals surface area (Å²) in [6, 6.07) is 9.96. The Morgan fingerprint density at radius 3 is 2.44 bits per heavy atom. The van der Waals surface area contributed by atoms with Gasteiger partial charge in [-0.05, 0) is 43.2 Å². The molecule has 2 aromatic rings. The molecule has 134 valence electrons. The Hall–Kier alpha value is -1.18. The van der Waals surface area contributed by atoms with Gasteiger partial charge in [-0.15, -0.1) is 0 Å². The topological polar surface area (TPSA) is 62.3 Å². The third kappa shape index (κ3) is 4.92. The Morgan fingerprint density at radius 2 is 1.80 bits per heavy atom. The van der Waals surface area contributed by atoms with Crippen LogP contribution in [0.4, 0.5) is 0 Å². The highest BCUT2D eigenvalue weighted by Gasteiger charge is 2.25. The number of nitrogens with one attached hydrogen (secondary N) is 1. The van der Waals surface area contributed by atoms with Gasteiger partial charge in [-0.3, -0.25) is 4.90 Å². The number of nitrogens with zero attached hydrogens (tertiary/aromatic N) is 2. The predicted molar refractivity (Wildman–Crippen MR) is 99.3 cm³/mol. The van der Waals surface area contributed by atoms with E-state index >= 15 is 0 Å². The molecular formula is C17H19Cl2N3O2S. The Morgan fingerprint density at radius 1 is 1.12 bits per heavy atom. The highest BCUT2D eigenvalue weighted by atomic mass is 35.5. The van der Waals surface area contributed by atoms with E-state index in [1.54, 1.807) is 18.3 Å². The fourth-order valence-electron chi connectivity index (χ4n) is 2.89. The van der Waals surface area contributed by atoms with E-state index in [-0.39, 0.29) is 10.9 Å². The molecule has 5 nitrogen and oxygen atoms in total. The summed E-state index contributed by atoms with van der Waals surface area (Å²) in [6.07, 6.45) is 3.18. The molecule has 1 aliphatic heterocycles. The lowest BCUT2D eigenvalue weighted by Crippen LogP contribution is -2.44. The Labute approximate surface area is 158 Å². The van der Waals surface area contributed by atoms with Gasteiger partial charge >= 0.3 is 0 Å². The lowest BCUT2D eigenvalue weighted by Gasteiger charge is -2.32. The number of benzene rings is 1. The number of hydrogen-bond donors (Lipinski definition) is 1. The van der Waals surface area contributed by atoms with Gasteiger partial charge in [0, 0.05) is 42.5 Å². The third-order valence-corrected chi connectivity index (χ3v) is 6.39. The van der Waals surface area contributed by atoms with Gasteiger partial charge in [0.05, 0.1) is 4.90 Å². The normalized spacial score (nSPS) is 16.9.